The standard InChI is InChI=1S/C12H21N3S/c1-3-9-6-5-7-10(8-9)11-14-12(13-4-2)16-15-11/h9-10H,3-8H2,1-2H3,(H,13,14,15). The summed E-state index contributed by atoms with van der Waals surface area (Å²) < 4.78 is 4.50. The lowest BCUT2D eigenvalue weighted by molar-refractivity contribution is 0.308. The van der Waals surface area contributed by atoms with Crippen LogP contribution in [-0.2, 0) is 0 Å². The zero-order valence-electron chi connectivity index (χ0n) is 10.2. The molecule has 0 radical (unpaired) electrons. The van der Waals surface area contributed by atoms with Crippen LogP contribution >= 0.6 is 11.5 Å². The van der Waals surface area contributed by atoms with Crippen molar-refractivity contribution in [2.45, 2.75) is 51.9 Å². The number of aromatic nitrogens is 2. The quantitative estimate of drug-likeness (QED) is 0.871. The van der Waals surface area contributed by atoms with Gasteiger partial charge in [0, 0.05) is 24.0 Å². The summed E-state index contributed by atoms with van der Waals surface area (Å²) in [4.78, 5) is 4.59. The molecule has 16 heavy (non-hydrogen) atoms. The van der Waals surface area contributed by atoms with E-state index in [-0.39, 0.29) is 0 Å². The van der Waals surface area contributed by atoms with Gasteiger partial charge >= 0.3 is 0 Å². The molecule has 1 fully saturated rings. The molecular weight excluding hydrogens is 218 g/mol. The van der Waals surface area contributed by atoms with Crippen LogP contribution in [0.15, 0.2) is 0 Å². The minimum Gasteiger partial charge on any atom is -0.361 e. The molecule has 1 aromatic heterocycles. The minimum atomic E-state index is 0.613. The van der Waals surface area contributed by atoms with Gasteiger partial charge in [-0.15, -0.1) is 0 Å². The summed E-state index contributed by atoms with van der Waals surface area (Å²) in [5, 5.41) is 4.22. The highest BCUT2D eigenvalue weighted by molar-refractivity contribution is 7.09. The van der Waals surface area contributed by atoms with Crippen LogP contribution in [0, 0.1) is 5.92 Å². The van der Waals surface area contributed by atoms with E-state index in [4.69, 9.17) is 0 Å². The molecule has 1 aliphatic carbocycles. The van der Waals surface area contributed by atoms with E-state index in [0.29, 0.717) is 5.92 Å². The molecule has 3 nitrogen and oxygen atoms in total. The molecule has 4 heteroatoms. The third-order valence-electron chi connectivity index (χ3n) is 3.50. The largest absolute Gasteiger partial charge is 0.361 e. The molecule has 0 spiro atoms. The number of nitrogens with zero attached hydrogens (tertiary/aromatic N) is 2. The molecule has 0 bridgehead atoms. The van der Waals surface area contributed by atoms with Crippen molar-refractivity contribution >= 4 is 16.7 Å². The van der Waals surface area contributed by atoms with Gasteiger partial charge in [-0.05, 0) is 25.7 Å². The fourth-order valence-electron chi connectivity index (χ4n) is 2.52. The average Bonchev–Trinajstić information content (AvgIpc) is 2.78. The summed E-state index contributed by atoms with van der Waals surface area (Å²) >= 11 is 1.50. The van der Waals surface area contributed by atoms with Crippen molar-refractivity contribution in [1.82, 2.24) is 9.36 Å². The molecular formula is C12H21N3S. The van der Waals surface area contributed by atoms with E-state index < -0.39 is 0 Å². The van der Waals surface area contributed by atoms with Gasteiger partial charge in [0.05, 0.1) is 0 Å². The van der Waals surface area contributed by atoms with Crippen LogP contribution in [0.3, 0.4) is 0 Å². The predicted molar refractivity (Wildman–Crippen MR) is 69.1 cm³/mol. The first-order valence-electron chi connectivity index (χ1n) is 6.41. The normalized spacial score (nSPS) is 25.6. The Hall–Kier alpha value is -0.640. The molecule has 1 aliphatic rings. The van der Waals surface area contributed by atoms with E-state index in [1.807, 2.05) is 0 Å². The smallest absolute Gasteiger partial charge is 0.202 e. The Bertz CT molecular complexity index is 324. The number of hydrogen-bond acceptors (Lipinski definition) is 4. The lowest BCUT2D eigenvalue weighted by Gasteiger charge is -2.26. The average molecular weight is 239 g/mol. The fourth-order valence-corrected chi connectivity index (χ4v) is 3.23. The Labute approximate surface area is 102 Å². The summed E-state index contributed by atoms with van der Waals surface area (Å²) in [6.45, 7) is 5.32. The van der Waals surface area contributed by atoms with Crippen LogP contribution in [0.4, 0.5) is 5.13 Å². The first kappa shape index (κ1) is 11.8. The van der Waals surface area contributed by atoms with E-state index in [0.717, 1.165) is 23.4 Å². The second kappa shape index (κ2) is 5.62. The lowest BCUT2D eigenvalue weighted by Crippen LogP contribution is -2.14. The first-order valence-corrected chi connectivity index (χ1v) is 7.18. The Balaban J connectivity index is 1.99. The van der Waals surface area contributed by atoms with Crippen molar-refractivity contribution in [3.05, 3.63) is 5.82 Å². The second-order valence-corrected chi connectivity index (χ2v) is 5.38. The van der Waals surface area contributed by atoms with Crippen LogP contribution in [0.5, 0.6) is 0 Å². The van der Waals surface area contributed by atoms with Crippen molar-refractivity contribution in [2.75, 3.05) is 11.9 Å². The highest BCUT2D eigenvalue weighted by Gasteiger charge is 2.24. The summed E-state index contributed by atoms with van der Waals surface area (Å²) in [5.41, 5.74) is 0. The van der Waals surface area contributed by atoms with E-state index in [2.05, 4.69) is 28.5 Å². The Morgan fingerprint density at radius 3 is 3.00 bits per heavy atom. The maximum absolute atomic E-state index is 4.59. The van der Waals surface area contributed by atoms with Gasteiger partial charge in [0.15, 0.2) is 0 Å². The number of rotatable bonds is 4. The summed E-state index contributed by atoms with van der Waals surface area (Å²) in [6, 6.07) is 0. The Kier molecular flexibility index (Phi) is 4.16. The van der Waals surface area contributed by atoms with Gasteiger partial charge in [0.2, 0.25) is 5.13 Å². The van der Waals surface area contributed by atoms with Gasteiger partial charge in [0.1, 0.15) is 5.82 Å². The maximum atomic E-state index is 4.59. The molecule has 0 saturated heterocycles. The monoisotopic (exact) mass is 239 g/mol. The van der Waals surface area contributed by atoms with Gasteiger partial charge in [-0.3, -0.25) is 0 Å². The SMILES string of the molecule is CCNc1nc(C2CCCC(CC)C2)ns1. The van der Waals surface area contributed by atoms with E-state index >= 15 is 0 Å². The topological polar surface area (TPSA) is 37.8 Å². The van der Waals surface area contributed by atoms with Crippen molar-refractivity contribution in [1.29, 1.82) is 0 Å². The Morgan fingerprint density at radius 1 is 1.38 bits per heavy atom. The maximum Gasteiger partial charge on any atom is 0.202 e. The highest BCUT2D eigenvalue weighted by Crippen LogP contribution is 2.37. The molecule has 1 saturated carbocycles. The lowest BCUT2D eigenvalue weighted by atomic mass is 9.80. The zero-order valence-corrected chi connectivity index (χ0v) is 11.0. The predicted octanol–water partition coefficient (Wildman–Crippen LogP) is 3.65. The van der Waals surface area contributed by atoms with Gasteiger partial charge < -0.3 is 5.32 Å². The molecule has 2 unspecified atom stereocenters. The molecule has 0 aromatic carbocycles. The second-order valence-electron chi connectivity index (χ2n) is 4.63. The van der Waals surface area contributed by atoms with E-state index in [1.54, 1.807) is 0 Å². The van der Waals surface area contributed by atoms with Gasteiger partial charge in [-0.1, -0.05) is 26.2 Å². The van der Waals surface area contributed by atoms with Gasteiger partial charge in [0.25, 0.3) is 0 Å². The summed E-state index contributed by atoms with van der Waals surface area (Å²) in [5.74, 6) is 2.59. The van der Waals surface area contributed by atoms with Crippen molar-refractivity contribution in [3.63, 3.8) is 0 Å². The highest BCUT2D eigenvalue weighted by atomic mass is 32.1. The first-order chi connectivity index (χ1) is 7.83. The zero-order chi connectivity index (χ0) is 11.4. The molecule has 0 aliphatic heterocycles. The van der Waals surface area contributed by atoms with Gasteiger partial charge in [-0.25, -0.2) is 4.98 Å². The fraction of sp³-hybridized carbons (Fsp3) is 0.833. The number of nitrogens with one attached hydrogen (secondary N) is 1. The van der Waals surface area contributed by atoms with Crippen LogP contribution in [0.25, 0.3) is 0 Å². The van der Waals surface area contributed by atoms with Crippen molar-refractivity contribution < 1.29 is 0 Å². The minimum absolute atomic E-state index is 0.613. The van der Waals surface area contributed by atoms with Crippen LogP contribution in [0.2, 0.25) is 0 Å². The number of anilines is 1. The molecule has 2 rings (SSSR count). The third kappa shape index (κ3) is 2.73. The summed E-state index contributed by atoms with van der Waals surface area (Å²) in [7, 11) is 0. The van der Waals surface area contributed by atoms with E-state index in [1.165, 1.54) is 43.6 Å². The molecule has 1 aromatic rings. The number of hydrogen-bond donors (Lipinski definition) is 1. The molecule has 90 valence electrons. The third-order valence-corrected chi connectivity index (χ3v) is 4.18. The summed E-state index contributed by atoms with van der Waals surface area (Å²) in [6.07, 6.45) is 6.62. The van der Waals surface area contributed by atoms with Crippen molar-refractivity contribution in [3.8, 4) is 0 Å². The Morgan fingerprint density at radius 2 is 2.25 bits per heavy atom. The molecule has 1 N–H and O–H groups in total. The van der Waals surface area contributed by atoms with Crippen LogP contribution in [-0.4, -0.2) is 15.9 Å². The molecule has 1 heterocycles. The van der Waals surface area contributed by atoms with Crippen molar-refractivity contribution in [2.24, 2.45) is 5.92 Å². The molecule has 0 amide bonds. The van der Waals surface area contributed by atoms with Crippen LogP contribution < -0.4 is 5.32 Å². The molecule has 2 atom stereocenters. The van der Waals surface area contributed by atoms with Crippen LogP contribution in [0.1, 0.15) is 57.7 Å². The van der Waals surface area contributed by atoms with Gasteiger partial charge in [-0.2, -0.15) is 4.37 Å². The van der Waals surface area contributed by atoms with E-state index in [9.17, 15) is 0 Å².